The standard InChI is InChI=1S/C13H11BrO2/c14-9-10-6-11(15)8-13(7-10)16-12-4-2-1-3-5-12/h1-8,15H,9H2. The van der Waals surface area contributed by atoms with Crippen LogP contribution in [0.2, 0.25) is 0 Å². The topological polar surface area (TPSA) is 29.5 Å². The summed E-state index contributed by atoms with van der Waals surface area (Å²) in [4.78, 5) is 0. The minimum absolute atomic E-state index is 0.211. The Morgan fingerprint density at radius 1 is 1.00 bits per heavy atom. The van der Waals surface area contributed by atoms with Crippen LogP contribution in [-0.4, -0.2) is 5.11 Å². The fourth-order valence-corrected chi connectivity index (χ4v) is 1.73. The molecule has 0 fully saturated rings. The number of halogens is 1. The Balaban J connectivity index is 2.24. The third-order valence-corrected chi connectivity index (χ3v) is 2.73. The molecule has 0 radical (unpaired) electrons. The van der Waals surface area contributed by atoms with E-state index in [-0.39, 0.29) is 5.75 Å². The third-order valence-electron chi connectivity index (χ3n) is 2.08. The second-order valence-electron chi connectivity index (χ2n) is 3.38. The summed E-state index contributed by atoms with van der Waals surface area (Å²) in [7, 11) is 0. The molecule has 2 nitrogen and oxygen atoms in total. The van der Waals surface area contributed by atoms with E-state index in [9.17, 15) is 5.11 Å². The van der Waals surface area contributed by atoms with Gasteiger partial charge in [-0.3, -0.25) is 0 Å². The maximum Gasteiger partial charge on any atom is 0.131 e. The van der Waals surface area contributed by atoms with Crippen LogP contribution in [-0.2, 0) is 5.33 Å². The molecule has 2 aromatic rings. The number of para-hydroxylation sites is 1. The molecule has 0 heterocycles. The molecule has 0 bridgehead atoms. The number of hydrogen-bond donors (Lipinski definition) is 1. The lowest BCUT2D eigenvalue weighted by Gasteiger charge is -2.07. The summed E-state index contributed by atoms with van der Waals surface area (Å²) in [5.74, 6) is 1.61. The van der Waals surface area contributed by atoms with E-state index < -0.39 is 0 Å². The first-order valence-corrected chi connectivity index (χ1v) is 6.02. The van der Waals surface area contributed by atoms with E-state index >= 15 is 0 Å². The Hall–Kier alpha value is -1.48. The molecule has 1 N–H and O–H groups in total. The molecule has 0 aromatic heterocycles. The van der Waals surface area contributed by atoms with E-state index in [1.54, 1.807) is 12.1 Å². The second kappa shape index (κ2) is 5.03. The summed E-state index contributed by atoms with van der Waals surface area (Å²) in [6.45, 7) is 0. The van der Waals surface area contributed by atoms with Gasteiger partial charge in [-0.25, -0.2) is 0 Å². The fourth-order valence-electron chi connectivity index (χ4n) is 1.40. The van der Waals surface area contributed by atoms with Crippen molar-refractivity contribution in [3.8, 4) is 17.2 Å². The molecule has 0 spiro atoms. The smallest absolute Gasteiger partial charge is 0.131 e. The molecule has 0 aliphatic rings. The number of alkyl halides is 1. The quantitative estimate of drug-likeness (QED) is 0.858. The molecule has 0 aliphatic heterocycles. The predicted octanol–water partition coefficient (Wildman–Crippen LogP) is 4.08. The summed E-state index contributed by atoms with van der Waals surface area (Å²) in [6, 6.07) is 14.7. The van der Waals surface area contributed by atoms with Crippen LogP contribution in [0.15, 0.2) is 48.5 Å². The summed E-state index contributed by atoms with van der Waals surface area (Å²) >= 11 is 3.34. The zero-order valence-corrected chi connectivity index (χ0v) is 10.1. The monoisotopic (exact) mass is 278 g/mol. The highest BCUT2D eigenvalue weighted by molar-refractivity contribution is 9.08. The van der Waals surface area contributed by atoms with Gasteiger partial charge in [0.15, 0.2) is 0 Å². The van der Waals surface area contributed by atoms with Gasteiger partial charge in [-0.15, -0.1) is 0 Å². The zero-order chi connectivity index (χ0) is 11.4. The van der Waals surface area contributed by atoms with Crippen molar-refractivity contribution >= 4 is 15.9 Å². The molecule has 0 atom stereocenters. The van der Waals surface area contributed by atoms with Crippen molar-refractivity contribution in [2.45, 2.75) is 5.33 Å². The van der Waals surface area contributed by atoms with E-state index in [1.165, 1.54) is 0 Å². The highest BCUT2D eigenvalue weighted by atomic mass is 79.9. The van der Waals surface area contributed by atoms with E-state index in [2.05, 4.69) is 15.9 Å². The number of aromatic hydroxyl groups is 1. The lowest BCUT2D eigenvalue weighted by molar-refractivity contribution is 0.454. The Labute approximate surface area is 103 Å². The number of ether oxygens (including phenoxy) is 1. The number of rotatable bonds is 3. The average Bonchev–Trinajstić information content (AvgIpc) is 2.29. The van der Waals surface area contributed by atoms with Crippen LogP contribution in [0.4, 0.5) is 0 Å². The van der Waals surface area contributed by atoms with Gasteiger partial charge in [0, 0.05) is 11.4 Å². The summed E-state index contributed by atoms with van der Waals surface area (Å²) in [6.07, 6.45) is 0. The Morgan fingerprint density at radius 3 is 2.44 bits per heavy atom. The highest BCUT2D eigenvalue weighted by Crippen LogP contribution is 2.27. The van der Waals surface area contributed by atoms with Crippen LogP contribution in [0.1, 0.15) is 5.56 Å². The maximum atomic E-state index is 9.50. The number of phenolic OH excluding ortho intramolecular Hbond substituents is 1. The molecule has 2 rings (SSSR count). The molecule has 2 aromatic carbocycles. The van der Waals surface area contributed by atoms with Crippen molar-refractivity contribution in [2.24, 2.45) is 0 Å². The van der Waals surface area contributed by atoms with Gasteiger partial charge in [-0.05, 0) is 29.8 Å². The number of hydrogen-bond acceptors (Lipinski definition) is 2. The van der Waals surface area contributed by atoms with Crippen molar-refractivity contribution in [1.82, 2.24) is 0 Å². The molecule has 3 heteroatoms. The van der Waals surface area contributed by atoms with Gasteiger partial charge >= 0.3 is 0 Å². The summed E-state index contributed by atoms with van der Waals surface area (Å²) < 4.78 is 5.62. The van der Waals surface area contributed by atoms with Crippen molar-refractivity contribution in [3.63, 3.8) is 0 Å². The van der Waals surface area contributed by atoms with E-state index in [4.69, 9.17) is 4.74 Å². The predicted molar refractivity (Wildman–Crippen MR) is 67.3 cm³/mol. The molecule has 16 heavy (non-hydrogen) atoms. The second-order valence-corrected chi connectivity index (χ2v) is 3.94. The maximum absolute atomic E-state index is 9.50. The minimum Gasteiger partial charge on any atom is -0.508 e. The van der Waals surface area contributed by atoms with Crippen molar-refractivity contribution in [3.05, 3.63) is 54.1 Å². The van der Waals surface area contributed by atoms with E-state index in [0.29, 0.717) is 11.1 Å². The van der Waals surface area contributed by atoms with Gasteiger partial charge in [0.25, 0.3) is 0 Å². The summed E-state index contributed by atoms with van der Waals surface area (Å²) in [5.41, 5.74) is 0.978. The van der Waals surface area contributed by atoms with Gasteiger partial charge in [0.1, 0.15) is 17.2 Å². The van der Waals surface area contributed by atoms with Crippen molar-refractivity contribution in [2.75, 3.05) is 0 Å². The molecule has 0 aliphatic carbocycles. The molecular formula is C13H11BrO2. The first kappa shape index (κ1) is 11.0. The van der Waals surface area contributed by atoms with Gasteiger partial charge in [0.2, 0.25) is 0 Å². The normalized spacial score (nSPS) is 10.1. The van der Waals surface area contributed by atoms with Crippen LogP contribution in [0, 0.1) is 0 Å². The van der Waals surface area contributed by atoms with Crippen LogP contribution >= 0.6 is 15.9 Å². The lowest BCUT2D eigenvalue weighted by atomic mass is 10.2. The summed E-state index contributed by atoms with van der Waals surface area (Å²) in [5, 5.41) is 10.2. The van der Waals surface area contributed by atoms with Crippen LogP contribution in [0.5, 0.6) is 17.2 Å². The molecule has 0 saturated carbocycles. The number of benzene rings is 2. The Morgan fingerprint density at radius 2 is 1.75 bits per heavy atom. The molecule has 0 amide bonds. The zero-order valence-electron chi connectivity index (χ0n) is 8.56. The van der Waals surface area contributed by atoms with Crippen LogP contribution < -0.4 is 4.74 Å². The average molecular weight is 279 g/mol. The Bertz CT molecular complexity index is 469. The van der Waals surface area contributed by atoms with Gasteiger partial charge in [-0.2, -0.15) is 0 Å². The van der Waals surface area contributed by atoms with Gasteiger partial charge < -0.3 is 9.84 Å². The minimum atomic E-state index is 0.211. The molecular weight excluding hydrogens is 268 g/mol. The Kier molecular flexibility index (Phi) is 3.47. The van der Waals surface area contributed by atoms with Gasteiger partial charge in [0.05, 0.1) is 0 Å². The first-order valence-electron chi connectivity index (χ1n) is 4.90. The highest BCUT2D eigenvalue weighted by Gasteiger charge is 2.01. The van der Waals surface area contributed by atoms with Crippen molar-refractivity contribution < 1.29 is 9.84 Å². The van der Waals surface area contributed by atoms with Crippen LogP contribution in [0.3, 0.4) is 0 Å². The number of phenols is 1. The van der Waals surface area contributed by atoms with Crippen LogP contribution in [0.25, 0.3) is 0 Å². The SMILES string of the molecule is Oc1cc(CBr)cc(Oc2ccccc2)c1. The fraction of sp³-hybridized carbons (Fsp3) is 0.0769. The largest absolute Gasteiger partial charge is 0.508 e. The van der Waals surface area contributed by atoms with Gasteiger partial charge in [-0.1, -0.05) is 34.1 Å². The lowest BCUT2D eigenvalue weighted by Crippen LogP contribution is -1.85. The van der Waals surface area contributed by atoms with E-state index in [0.717, 1.165) is 11.3 Å². The molecule has 82 valence electrons. The first-order chi connectivity index (χ1) is 7.78. The molecule has 0 unspecified atom stereocenters. The third kappa shape index (κ3) is 2.76. The van der Waals surface area contributed by atoms with Crippen molar-refractivity contribution in [1.29, 1.82) is 0 Å². The molecule has 0 saturated heterocycles. The van der Waals surface area contributed by atoms with E-state index in [1.807, 2.05) is 36.4 Å².